The van der Waals surface area contributed by atoms with Crippen molar-refractivity contribution in [3.63, 3.8) is 0 Å². The van der Waals surface area contributed by atoms with Crippen LogP contribution in [0.1, 0.15) is 36.1 Å². The minimum absolute atomic E-state index is 0.157. The number of phenolic OH excluding ortho intramolecular Hbond substituents is 1. The van der Waals surface area contributed by atoms with Crippen LogP contribution in [-0.2, 0) is 34.7 Å². The molecule has 0 unspecified atom stereocenters. The fraction of sp³-hybridized carbons (Fsp3) is 0.261. The average Bonchev–Trinajstić information content (AvgIpc) is 3.08. The number of pyridine rings is 2. The molecule has 5 rings (SSSR count). The van der Waals surface area contributed by atoms with Crippen molar-refractivity contribution in [1.82, 2.24) is 9.55 Å². The smallest absolute Gasteiger partial charge is 0.347 e. The highest BCUT2D eigenvalue weighted by Crippen LogP contribution is 2.41. The highest BCUT2D eigenvalue weighted by atomic mass is 16.6. The van der Waals surface area contributed by atoms with E-state index in [1.54, 1.807) is 28.8 Å². The van der Waals surface area contributed by atoms with Gasteiger partial charge >= 0.3 is 5.97 Å². The molecule has 30 heavy (non-hydrogen) atoms. The van der Waals surface area contributed by atoms with E-state index in [0.717, 1.165) is 16.5 Å². The molecule has 0 saturated carbocycles. The highest BCUT2D eigenvalue weighted by Gasteiger charge is 2.47. The summed E-state index contributed by atoms with van der Waals surface area (Å²) >= 11 is 0. The molecular formula is C23H20N2O5. The lowest BCUT2D eigenvalue weighted by Crippen LogP contribution is -2.45. The largest absolute Gasteiger partial charge is 0.508 e. The number of benzene rings is 1. The Morgan fingerprint density at radius 1 is 1.30 bits per heavy atom. The van der Waals surface area contributed by atoms with Crippen molar-refractivity contribution in [3.8, 4) is 17.1 Å². The Labute approximate surface area is 171 Å². The number of nitrogens with zero attached hydrogens (tertiary/aromatic N) is 2. The van der Waals surface area contributed by atoms with Gasteiger partial charge < -0.3 is 19.5 Å². The molecule has 7 heteroatoms. The third-order valence-electron chi connectivity index (χ3n) is 6.15. The van der Waals surface area contributed by atoms with Crippen LogP contribution >= 0.6 is 0 Å². The van der Waals surface area contributed by atoms with Crippen LogP contribution in [-0.4, -0.2) is 25.7 Å². The van der Waals surface area contributed by atoms with Crippen LogP contribution in [0.4, 0.5) is 0 Å². The first-order chi connectivity index (χ1) is 14.3. The minimum Gasteiger partial charge on any atom is -0.508 e. The summed E-state index contributed by atoms with van der Waals surface area (Å²) < 4.78 is 6.72. The van der Waals surface area contributed by atoms with E-state index in [-0.39, 0.29) is 34.6 Å². The predicted octanol–water partition coefficient (Wildman–Crippen LogP) is 2.51. The quantitative estimate of drug-likeness (QED) is 0.393. The van der Waals surface area contributed by atoms with E-state index in [2.05, 4.69) is 6.58 Å². The second-order valence-corrected chi connectivity index (χ2v) is 7.85. The van der Waals surface area contributed by atoms with Crippen LogP contribution in [0.25, 0.3) is 22.3 Å². The summed E-state index contributed by atoms with van der Waals surface area (Å²) in [5.74, 6) is -0.675. The SMILES string of the molecule is C=C(C)[C@@]1(O)C(=O)OCc2c1cc1n(c2=O)Cc2c-1nc1ccc(O)cc1c2CC. The number of hydrogen-bond donors (Lipinski definition) is 2. The highest BCUT2D eigenvalue weighted by molar-refractivity contribution is 5.90. The molecule has 1 atom stereocenters. The molecule has 2 aromatic heterocycles. The van der Waals surface area contributed by atoms with Crippen molar-refractivity contribution in [1.29, 1.82) is 0 Å². The molecule has 4 heterocycles. The number of aromatic nitrogens is 2. The van der Waals surface area contributed by atoms with Gasteiger partial charge in [0, 0.05) is 16.5 Å². The maximum Gasteiger partial charge on any atom is 0.347 e. The normalized spacial score (nSPS) is 19.2. The Kier molecular flexibility index (Phi) is 3.73. The fourth-order valence-electron chi connectivity index (χ4n) is 4.56. The van der Waals surface area contributed by atoms with Crippen molar-refractivity contribution in [3.05, 3.63) is 69.0 Å². The van der Waals surface area contributed by atoms with Crippen LogP contribution in [0.2, 0.25) is 0 Å². The maximum atomic E-state index is 13.3. The molecular weight excluding hydrogens is 384 g/mol. The van der Waals surface area contributed by atoms with E-state index >= 15 is 0 Å². The van der Waals surface area contributed by atoms with E-state index in [1.807, 2.05) is 6.92 Å². The van der Waals surface area contributed by atoms with Crippen molar-refractivity contribution < 1.29 is 19.7 Å². The van der Waals surface area contributed by atoms with Crippen molar-refractivity contribution in [2.45, 2.75) is 39.0 Å². The van der Waals surface area contributed by atoms with E-state index in [1.165, 1.54) is 6.92 Å². The summed E-state index contributed by atoms with van der Waals surface area (Å²) in [6.07, 6.45) is 0.699. The third kappa shape index (κ3) is 2.21. The summed E-state index contributed by atoms with van der Waals surface area (Å²) in [5.41, 5.74) is 2.07. The standard InChI is InChI=1S/C23H20N2O5/c1-4-13-14-7-12(26)5-6-18(14)24-20-15(13)9-25-19(20)8-17-16(21(25)27)10-30-22(28)23(17,29)11(2)3/h5-8,26,29H,2,4,9-10H2,1,3H3/t23-/m0/s1. The van der Waals surface area contributed by atoms with Gasteiger partial charge in [-0.25, -0.2) is 9.78 Å². The van der Waals surface area contributed by atoms with Crippen molar-refractivity contribution >= 4 is 16.9 Å². The van der Waals surface area contributed by atoms with Gasteiger partial charge in [-0.05, 0) is 48.7 Å². The van der Waals surface area contributed by atoms with E-state index in [4.69, 9.17) is 9.72 Å². The summed E-state index contributed by atoms with van der Waals surface area (Å²) in [4.78, 5) is 30.5. The van der Waals surface area contributed by atoms with E-state index < -0.39 is 11.6 Å². The molecule has 0 bridgehead atoms. The second kappa shape index (κ2) is 6.03. The zero-order chi connectivity index (χ0) is 21.4. The molecule has 0 saturated heterocycles. The topological polar surface area (TPSA) is 102 Å². The Bertz CT molecular complexity index is 1350. The lowest BCUT2D eigenvalue weighted by atomic mass is 9.83. The van der Waals surface area contributed by atoms with Crippen molar-refractivity contribution in [2.24, 2.45) is 0 Å². The number of fused-ring (bicyclic) bond motifs is 5. The summed E-state index contributed by atoms with van der Waals surface area (Å²) in [6.45, 7) is 7.43. The van der Waals surface area contributed by atoms with Gasteiger partial charge in [-0.1, -0.05) is 13.5 Å². The lowest BCUT2D eigenvalue weighted by molar-refractivity contribution is -0.167. The molecule has 0 amide bonds. The van der Waals surface area contributed by atoms with E-state index in [9.17, 15) is 19.8 Å². The molecule has 2 aliphatic rings. The first-order valence-corrected chi connectivity index (χ1v) is 9.75. The number of hydrogen-bond acceptors (Lipinski definition) is 6. The predicted molar refractivity (Wildman–Crippen MR) is 110 cm³/mol. The molecule has 0 radical (unpaired) electrons. The number of cyclic esters (lactones) is 1. The zero-order valence-corrected chi connectivity index (χ0v) is 16.7. The van der Waals surface area contributed by atoms with Crippen LogP contribution in [0.15, 0.2) is 41.2 Å². The van der Waals surface area contributed by atoms with Gasteiger partial charge in [-0.2, -0.15) is 0 Å². The van der Waals surface area contributed by atoms with Gasteiger partial charge in [-0.15, -0.1) is 0 Å². The van der Waals surface area contributed by atoms with Gasteiger partial charge in [0.25, 0.3) is 5.56 Å². The molecule has 7 nitrogen and oxygen atoms in total. The van der Waals surface area contributed by atoms with E-state index in [0.29, 0.717) is 29.9 Å². The Balaban J connectivity index is 1.85. The zero-order valence-electron chi connectivity index (χ0n) is 16.7. The van der Waals surface area contributed by atoms with Gasteiger partial charge in [0.1, 0.15) is 12.4 Å². The molecule has 152 valence electrons. The van der Waals surface area contributed by atoms with Gasteiger partial charge in [0.2, 0.25) is 5.60 Å². The summed E-state index contributed by atoms with van der Waals surface area (Å²) in [6, 6.07) is 6.66. The number of aryl methyl sites for hydroxylation is 1. The first kappa shape index (κ1) is 18.6. The summed E-state index contributed by atoms with van der Waals surface area (Å²) in [5, 5.41) is 21.9. The first-order valence-electron chi connectivity index (χ1n) is 9.75. The van der Waals surface area contributed by atoms with Gasteiger partial charge in [0.05, 0.1) is 29.0 Å². The number of phenols is 1. The Morgan fingerprint density at radius 3 is 2.77 bits per heavy atom. The molecule has 0 fully saturated rings. The minimum atomic E-state index is -2.07. The number of carbonyl (C=O) groups excluding carboxylic acids is 1. The molecule has 1 aromatic carbocycles. The maximum absolute atomic E-state index is 13.3. The number of carbonyl (C=O) groups is 1. The number of rotatable bonds is 2. The van der Waals surface area contributed by atoms with Gasteiger partial charge in [0.15, 0.2) is 0 Å². The molecule has 0 spiro atoms. The van der Waals surface area contributed by atoms with Crippen LogP contribution in [0.3, 0.4) is 0 Å². The third-order valence-corrected chi connectivity index (χ3v) is 6.15. The number of aliphatic hydroxyl groups is 1. The lowest BCUT2D eigenvalue weighted by Gasteiger charge is -2.33. The fourth-order valence-corrected chi connectivity index (χ4v) is 4.56. The second-order valence-electron chi connectivity index (χ2n) is 7.85. The van der Waals surface area contributed by atoms with Crippen molar-refractivity contribution in [2.75, 3.05) is 0 Å². The monoisotopic (exact) mass is 404 g/mol. The molecule has 2 N–H and O–H groups in total. The van der Waals surface area contributed by atoms with Crippen LogP contribution in [0, 0.1) is 0 Å². The van der Waals surface area contributed by atoms with Crippen LogP contribution < -0.4 is 5.56 Å². The summed E-state index contributed by atoms with van der Waals surface area (Å²) in [7, 11) is 0. The Hall–Kier alpha value is -3.45. The molecule has 2 aliphatic heterocycles. The number of ether oxygens (including phenoxy) is 1. The van der Waals surface area contributed by atoms with Crippen LogP contribution in [0.5, 0.6) is 5.75 Å². The number of aromatic hydroxyl groups is 1. The number of esters is 1. The average molecular weight is 404 g/mol. The van der Waals surface area contributed by atoms with Gasteiger partial charge in [-0.3, -0.25) is 4.79 Å². The molecule has 0 aliphatic carbocycles. The molecule has 3 aromatic rings. The Morgan fingerprint density at radius 2 is 2.07 bits per heavy atom.